The van der Waals surface area contributed by atoms with E-state index in [1.54, 1.807) is 0 Å². The minimum absolute atomic E-state index is 0.105. The lowest BCUT2D eigenvalue weighted by molar-refractivity contribution is -0.137. The summed E-state index contributed by atoms with van der Waals surface area (Å²) in [6, 6.07) is 0. The van der Waals surface area contributed by atoms with E-state index in [1.807, 2.05) is 26.0 Å². The first kappa shape index (κ1) is 17.2. The van der Waals surface area contributed by atoms with Gasteiger partial charge in [-0.1, -0.05) is 26.3 Å². The smallest absolute Gasteiger partial charge is 0.334 e. The van der Waals surface area contributed by atoms with Gasteiger partial charge in [-0.3, -0.25) is 0 Å². The number of allylic oxidation sites excluding steroid dienone is 1. The second-order valence-corrected chi connectivity index (χ2v) is 12.0. The molecule has 20 heavy (non-hydrogen) atoms. The third-order valence-electron chi connectivity index (χ3n) is 4.04. The van der Waals surface area contributed by atoms with Crippen molar-refractivity contribution in [3.8, 4) is 0 Å². The van der Waals surface area contributed by atoms with Crippen LogP contribution in [0.25, 0.3) is 0 Å². The van der Waals surface area contributed by atoms with Gasteiger partial charge >= 0.3 is 5.97 Å². The molecule has 4 heteroatoms. The molecule has 0 bridgehead atoms. The maximum Gasteiger partial charge on any atom is 0.334 e. The zero-order valence-corrected chi connectivity index (χ0v) is 14.9. The summed E-state index contributed by atoms with van der Waals surface area (Å²) in [5.41, 5.74) is 1.91. The van der Waals surface area contributed by atoms with Gasteiger partial charge in [0.2, 0.25) is 0 Å². The van der Waals surface area contributed by atoms with E-state index >= 15 is 0 Å². The highest BCUT2D eigenvalue weighted by Crippen LogP contribution is 2.36. The number of esters is 1. The van der Waals surface area contributed by atoms with Crippen LogP contribution in [0.1, 0.15) is 41.0 Å². The Bertz CT molecular complexity index is 423. The summed E-state index contributed by atoms with van der Waals surface area (Å²) in [4.78, 5) is 11.8. The lowest BCUT2D eigenvalue weighted by atomic mass is 10.1. The van der Waals surface area contributed by atoms with E-state index in [0.29, 0.717) is 13.0 Å². The predicted octanol–water partition coefficient (Wildman–Crippen LogP) is 4.22. The largest absolute Gasteiger partial charge is 0.454 e. The standard InChI is InChI=1S/C16H28O3Si/c1-12(2)10-14-11-13(15(17)19-14)8-9-18-20(6,7)16(3,4)5/h8,10,14H,9,11H2,1-7H3/b13-8+/t14-/m0/s1. The molecule has 0 unspecified atom stereocenters. The normalized spacial score (nSPS) is 22.1. The van der Waals surface area contributed by atoms with Crippen LogP contribution in [0.3, 0.4) is 0 Å². The molecule has 0 aromatic heterocycles. The highest BCUT2D eigenvalue weighted by molar-refractivity contribution is 6.74. The summed E-state index contributed by atoms with van der Waals surface area (Å²) < 4.78 is 11.4. The molecule has 1 aliphatic rings. The number of cyclic esters (lactones) is 1. The second-order valence-electron chi connectivity index (χ2n) is 7.19. The first-order chi connectivity index (χ1) is 9.03. The van der Waals surface area contributed by atoms with Crippen LogP contribution in [-0.2, 0) is 14.0 Å². The van der Waals surface area contributed by atoms with Crippen LogP contribution in [0.2, 0.25) is 18.1 Å². The molecular formula is C16H28O3Si. The van der Waals surface area contributed by atoms with Crippen molar-refractivity contribution in [2.45, 2.75) is 65.3 Å². The third-order valence-corrected chi connectivity index (χ3v) is 8.54. The van der Waals surface area contributed by atoms with Crippen molar-refractivity contribution in [2.24, 2.45) is 0 Å². The number of hydrogen-bond donors (Lipinski definition) is 0. The minimum atomic E-state index is -1.75. The van der Waals surface area contributed by atoms with Gasteiger partial charge < -0.3 is 9.16 Å². The van der Waals surface area contributed by atoms with Crippen molar-refractivity contribution >= 4 is 14.3 Å². The van der Waals surface area contributed by atoms with Gasteiger partial charge in [0.15, 0.2) is 8.32 Å². The van der Waals surface area contributed by atoms with Crippen LogP contribution in [0.4, 0.5) is 0 Å². The van der Waals surface area contributed by atoms with Crippen LogP contribution in [0, 0.1) is 0 Å². The molecule has 1 saturated heterocycles. The topological polar surface area (TPSA) is 35.5 Å². The molecule has 0 aromatic rings. The molecule has 1 heterocycles. The van der Waals surface area contributed by atoms with E-state index in [9.17, 15) is 4.79 Å². The number of carbonyl (C=O) groups is 1. The molecule has 1 fully saturated rings. The van der Waals surface area contributed by atoms with Crippen LogP contribution < -0.4 is 0 Å². The SMILES string of the molecule is CC(C)=C[C@H]1C/C(=C\CO[Si](C)(C)C(C)(C)C)C(=O)O1. The van der Waals surface area contributed by atoms with Gasteiger partial charge in [-0.2, -0.15) is 0 Å². The quantitative estimate of drug-likeness (QED) is 0.337. The fourth-order valence-electron chi connectivity index (χ4n) is 1.75. The van der Waals surface area contributed by atoms with E-state index < -0.39 is 8.32 Å². The fourth-order valence-corrected chi connectivity index (χ4v) is 2.69. The van der Waals surface area contributed by atoms with Crippen LogP contribution in [-0.4, -0.2) is 27.0 Å². The molecule has 1 aliphatic heterocycles. The van der Waals surface area contributed by atoms with Crippen LogP contribution >= 0.6 is 0 Å². The van der Waals surface area contributed by atoms with E-state index in [4.69, 9.17) is 9.16 Å². The zero-order chi connectivity index (χ0) is 15.6. The molecular weight excluding hydrogens is 268 g/mol. The van der Waals surface area contributed by atoms with Gasteiger partial charge in [-0.25, -0.2) is 4.79 Å². The molecule has 1 rings (SSSR count). The van der Waals surface area contributed by atoms with Crippen molar-refractivity contribution < 1.29 is 14.0 Å². The Morgan fingerprint density at radius 3 is 2.50 bits per heavy atom. The average molecular weight is 296 g/mol. The first-order valence-corrected chi connectivity index (χ1v) is 10.1. The highest BCUT2D eigenvalue weighted by atomic mass is 28.4. The Labute approximate surface area is 124 Å². The Kier molecular flexibility index (Phi) is 5.38. The van der Waals surface area contributed by atoms with Crippen molar-refractivity contribution in [1.82, 2.24) is 0 Å². The van der Waals surface area contributed by atoms with E-state index in [1.165, 1.54) is 5.57 Å². The Morgan fingerprint density at radius 2 is 2.00 bits per heavy atom. The monoisotopic (exact) mass is 296 g/mol. The molecule has 114 valence electrons. The van der Waals surface area contributed by atoms with E-state index in [0.717, 1.165) is 5.57 Å². The van der Waals surface area contributed by atoms with Gasteiger partial charge in [-0.15, -0.1) is 0 Å². The zero-order valence-electron chi connectivity index (χ0n) is 13.9. The van der Waals surface area contributed by atoms with Crippen molar-refractivity contribution in [2.75, 3.05) is 6.61 Å². The summed E-state index contributed by atoms with van der Waals surface area (Å²) in [7, 11) is -1.75. The predicted molar refractivity (Wildman–Crippen MR) is 85.2 cm³/mol. The molecule has 0 aliphatic carbocycles. The van der Waals surface area contributed by atoms with Crippen LogP contribution in [0.15, 0.2) is 23.3 Å². The highest BCUT2D eigenvalue weighted by Gasteiger charge is 2.37. The lowest BCUT2D eigenvalue weighted by Gasteiger charge is -2.35. The summed E-state index contributed by atoms with van der Waals surface area (Å²) in [6.07, 6.45) is 4.44. The van der Waals surface area contributed by atoms with Gasteiger partial charge in [0.05, 0.1) is 6.61 Å². The van der Waals surface area contributed by atoms with Gasteiger partial charge in [-0.05, 0) is 44.1 Å². The maximum absolute atomic E-state index is 11.8. The van der Waals surface area contributed by atoms with E-state index in [-0.39, 0.29) is 17.1 Å². The Morgan fingerprint density at radius 1 is 1.40 bits per heavy atom. The lowest BCUT2D eigenvalue weighted by Crippen LogP contribution is -2.40. The Hall–Kier alpha value is -0.873. The summed E-state index contributed by atoms with van der Waals surface area (Å²) >= 11 is 0. The molecule has 0 saturated carbocycles. The molecule has 1 atom stereocenters. The molecule has 0 spiro atoms. The minimum Gasteiger partial charge on any atom is -0.454 e. The molecule has 3 nitrogen and oxygen atoms in total. The first-order valence-electron chi connectivity index (χ1n) is 7.22. The summed E-state index contributed by atoms with van der Waals surface area (Å²) in [5.74, 6) is -0.202. The van der Waals surface area contributed by atoms with Gasteiger partial charge in [0.1, 0.15) is 6.10 Å². The summed E-state index contributed by atoms with van der Waals surface area (Å²) in [5, 5.41) is 0.187. The molecule has 0 radical (unpaired) electrons. The number of hydrogen-bond acceptors (Lipinski definition) is 3. The van der Waals surface area contributed by atoms with Gasteiger partial charge in [0.25, 0.3) is 0 Å². The maximum atomic E-state index is 11.8. The van der Waals surface area contributed by atoms with Crippen molar-refractivity contribution in [3.63, 3.8) is 0 Å². The van der Waals surface area contributed by atoms with Crippen molar-refractivity contribution in [1.29, 1.82) is 0 Å². The van der Waals surface area contributed by atoms with Crippen LogP contribution in [0.5, 0.6) is 0 Å². The van der Waals surface area contributed by atoms with Gasteiger partial charge in [0, 0.05) is 12.0 Å². The number of rotatable bonds is 4. The average Bonchev–Trinajstić information content (AvgIpc) is 2.56. The summed E-state index contributed by atoms with van der Waals surface area (Å²) in [6.45, 7) is 15.6. The fraction of sp³-hybridized carbons (Fsp3) is 0.688. The number of ether oxygens (including phenoxy) is 1. The molecule has 0 aromatic carbocycles. The second kappa shape index (κ2) is 6.27. The third kappa shape index (κ3) is 4.60. The van der Waals surface area contributed by atoms with E-state index in [2.05, 4.69) is 33.9 Å². The molecule has 0 amide bonds. The van der Waals surface area contributed by atoms with Crippen molar-refractivity contribution in [3.05, 3.63) is 23.3 Å². The molecule has 0 N–H and O–H groups in total. The number of carbonyl (C=O) groups excluding carboxylic acids is 1. The Balaban J connectivity index is 2.60.